The Morgan fingerprint density at radius 2 is 1.93 bits per heavy atom. The first-order valence-electron chi connectivity index (χ1n) is 5.11. The van der Waals surface area contributed by atoms with Crippen LogP contribution in [0.1, 0.15) is 12.8 Å². The van der Waals surface area contributed by atoms with E-state index in [1.54, 1.807) is 0 Å². The van der Waals surface area contributed by atoms with Gasteiger partial charge in [-0.1, -0.05) is 30.2 Å². The Morgan fingerprint density at radius 1 is 1.21 bits per heavy atom. The number of rotatable bonds is 1. The van der Waals surface area contributed by atoms with E-state index >= 15 is 0 Å². The fraction of sp³-hybridized carbons (Fsp3) is 0.455. The van der Waals surface area contributed by atoms with E-state index < -0.39 is 8.32 Å². The monoisotopic (exact) mass is 226 g/mol. The summed E-state index contributed by atoms with van der Waals surface area (Å²) in [5, 5.41) is 2.18. The lowest BCUT2D eigenvalue weighted by molar-refractivity contribution is 0.279. The number of hydrogen-bond acceptors (Lipinski definition) is 1. The van der Waals surface area contributed by atoms with E-state index in [1.807, 2.05) is 12.1 Å². The molecule has 0 bridgehead atoms. The van der Waals surface area contributed by atoms with Crippen LogP contribution in [-0.4, -0.2) is 14.9 Å². The first-order valence-corrected chi connectivity index (χ1v) is 8.10. The second-order valence-electron chi connectivity index (χ2n) is 4.04. The van der Waals surface area contributed by atoms with Crippen LogP contribution in [0.5, 0.6) is 0 Å². The molecule has 2 rings (SSSR count). The molecular weight excluding hydrogens is 212 g/mol. The third-order valence-electron chi connectivity index (χ3n) is 2.92. The van der Waals surface area contributed by atoms with Gasteiger partial charge in [0.15, 0.2) is 0 Å². The van der Waals surface area contributed by atoms with Crippen molar-refractivity contribution in [2.24, 2.45) is 0 Å². The Kier molecular flexibility index (Phi) is 2.95. The van der Waals surface area contributed by atoms with Crippen molar-refractivity contribution in [3.8, 4) is 0 Å². The minimum absolute atomic E-state index is 0.808. The number of hydrogen-bond donors (Lipinski definition) is 0. The van der Waals surface area contributed by atoms with Crippen LogP contribution >= 0.6 is 11.6 Å². The van der Waals surface area contributed by atoms with E-state index in [9.17, 15) is 0 Å². The molecule has 1 nitrogen and oxygen atoms in total. The Labute approximate surface area is 91.2 Å². The van der Waals surface area contributed by atoms with E-state index in [0.717, 1.165) is 11.6 Å². The second kappa shape index (κ2) is 4.05. The molecule has 0 N–H and O–H groups in total. The molecule has 1 aromatic rings. The van der Waals surface area contributed by atoms with Gasteiger partial charge in [0.25, 0.3) is 0 Å². The van der Waals surface area contributed by atoms with E-state index in [0.29, 0.717) is 0 Å². The first-order chi connectivity index (χ1) is 6.71. The van der Waals surface area contributed by atoms with E-state index in [4.69, 9.17) is 16.0 Å². The lowest BCUT2D eigenvalue weighted by atomic mass is 10.3. The largest absolute Gasteiger partial charge is 0.413 e. The molecule has 1 unspecified atom stereocenters. The molecule has 1 heterocycles. The molecule has 0 spiro atoms. The Hall–Kier alpha value is -0.313. The fourth-order valence-electron chi connectivity index (χ4n) is 1.96. The van der Waals surface area contributed by atoms with Crippen molar-refractivity contribution in [1.82, 2.24) is 0 Å². The lowest BCUT2D eigenvalue weighted by Crippen LogP contribution is -2.49. The number of benzene rings is 1. The van der Waals surface area contributed by atoms with Crippen molar-refractivity contribution in [3.05, 3.63) is 29.3 Å². The molecule has 0 aromatic heterocycles. The molecule has 76 valence electrons. The first kappa shape index (κ1) is 10.2. The molecule has 1 aliphatic heterocycles. The topological polar surface area (TPSA) is 9.23 Å². The van der Waals surface area contributed by atoms with Crippen molar-refractivity contribution in [2.45, 2.75) is 25.4 Å². The lowest BCUT2D eigenvalue weighted by Gasteiger charge is -2.31. The Balaban J connectivity index is 2.23. The molecular formula is C11H15ClOSi. The molecule has 14 heavy (non-hydrogen) atoms. The van der Waals surface area contributed by atoms with Gasteiger partial charge >= 0.3 is 0 Å². The molecule has 1 saturated heterocycles. The molecule has 0 radical (unpaired) electrons. The zero-order chi connectivity index (χ0) is 10.0. The van der Waals surface area contributed by atoms with Gasteiger partial charge in [0.05, 0.1) is 0 Å². The van der Waals surface area contributed by atoms with Crippen molar-refractivity contribution >= 4 is 25.1 Å². The van der Waals surface area contributed by atoms with Crippen molar-refractivity contribution in [3.63, 3.8) is 0 Å². The van der Waals surface area contributed by atoms with Crippen molar-refractivity contribution in [1.29, 1.82) is 0 Å². The molecule has 1 atom stereocenters. The van der Waals surface area contributed by atoms with Gasteiger partial charge < -0.3 is 4.43 Å². The summed E-state index contributed by atoms with van der Waals surface area (Å²) in [6.07, 6.45) is 2.53. The maximum absolute atomic E-state index is 5.99. The normalized spacial score (nSPS) is 27.6. The summed E-state index contributed by atoms with van der Waals surface area (Å²) in [5.41, 5.74) is 0. The molecule has 0 saturated carbocycles. The third kappa shape index (κ3) is 2.02. The predicted molar refractivity (Wildman–Crippen MR) is 62.7 cm³/mol. The predicted octanol–water partition coefficient (Wildman–Crippen LogP) is 2.93. The van der Waals surface area contributed by atoms with Gasteiger partial charge in [-0.25, -0.2) is 0 Å². The van der Waals surface area contributed by atoms with Gasteiger partial charge in [-0.05, 0) is 36.3 Å². The minimum atomic E-state index is -1.59. The van der Waals surface area contributed by atoms with Crippen molar-refractivity contribution < 1.29 is 4.43 Å². The Bertz CT molecular complexity index is 304. The summed E-state index contributed by atoms with van der Waals surface area (Å²) < 4.78 is 5.99. The van der Waals surface area contributed by atoms with Gasteiger partial charge in [0.1, 0.15) is 0 Å². The summed E-state index contributed by atoms with van der Waals surface area (Å²) in [5.74, 6) is 0. The van der Waals surface area contributed by atoms with Gasteiger partial charge in [-0.15, -0.1) is 0 Å². The quantitative estimate of drug-likeness (QED) is 0.670. The molecule has 0 aliphatic carbocycles. The molecule has 3 heteroatoms. The van der Waals surface area contributed by atoms with Crippen LogP contribution in [0.2, 0.25) is 17.6 Å². The maximum Gasteiger partial charge on any atom is 0.221 e. The second-order valence-corrected chi connectivity index (χ2v) is 8.31. The molecule has 1 aromatic carbocycles. The van der Waals surface area contributed by atoms with E-state index in [-0.39, 0.29) is 0 Å². The summed E-state index contributed by atoms with van der Waals surface area (Å²) in [6, 6.07) is 9.43. The zero-order valence-electron chi connectivity index (χ0n) is 8.42. The smallest absolute Gasteiger partial charge is 0.221 e. The van der Waals surface area contributed by atoms with E-state index in [2.05, 4.69) is 18.7 Å². The van der Waals surface area contributed by atoms with Crippen LogP contribution in [0.25, 0.3) is 0 Å². The van der Waals surface area contributed by atoms with E-state index in [1.165, 1.54) is 24.1 Å². The summed E-state index contributed by atoms with van der Waals surface area (Å²) in [4.78, 5) is 0. The number of halogens is 1. The van der Waals surface area contributed by atoms with Crippen LogP contribution in [0.4, 0.5) is 0 Å². The van der Waals surface area contributed by atoms with Gasteiger partial charge in [0.2, 0.25) is 8.32 Å². The van der Waals surface area contributed by atoms with Crippen LogP contribution in [-0.2, 0) is 4.43 Å². The van der Waals surface area contributed by atoms with Crippen LogP contribution in [0.3, 0.4) is 0 Å². The Morgan fingerprint density at radius 3 is 2.50 bits per heavy atom. The van der Waals surface area contributed by atoms with Crippen LogP contribution < -0.4 is 5.19 Å². The highest BCUT2D eigenvalue weighted by atomic mass is 35.5. The molecule has 1 fully saturated rings. The molecule has 1 aliphatic rings. The van der Waals surface area contributed by atoms with Crippen LogP contribution in [0, 0.1) is 0 Å². The van der Waals surface area contributed by atoms with Gasteiger partial charge in [-0.2, -0.15) is 0 Å². The van der Waals surface area contributed by atoms with Crippen LogP contribution in [0.15, 0.2) is 24.3 Å². The maximum atomic E-state index is 5.99. The van der Waals surface area contributed by atoms with Gasteiger partial charge in [0, 0.05) is 11.6 Å². The summed E-state index contributed by atoms with van der Waals surface area (Å²) in [6.45, 7) is 3.24. The summed E-state index contributed by atoms with van der Waals surface area (Å²) >= 11 is 5.87. The highest BCUT2D eigenvalue weighted by Gasteiger charge is 2.33. The standard InChI is InChI=1S/C11H15ClOSi/c1-14(9-3-2-8-13-14)11-6-4-10(12)5-7-11/h4-7H,2-3,8-9H2,1H3. The third-order valence-corrected chi connectivity index (χ3v) is 6.88. The van der Waals surface area contributed by atoms with Crippen molar-refractivity contribution in [2.75, 3.05) is 6.61 Å². The minimum Gasteiger partial charge on any atom is -0.413 e. The zero-order valence-corrected chi connectivity index (χ0v) is 10.2. The highest BCUT2D eigenvalue weighted by Crippen LogP contribution is 2.21. The fourth-order valence-corrected chi connectivity index (χ4v) is 5.08. The average molecular weight is 227 g/mol. The van der Waals surface area contributed by atoms with Gasteiger partial charge in [-0.3, -0.25) is 0 Å². The average Bonchev–Trinajstić information content (AvgIpc) is 2.19. The SMILES string of the molecule is C[Si]1(c2ccc(Cl)cc2)CCCCO1. The summed E-state index contributed by atoms with van der Waals surface area (Å²) in [7, 11) is -1.59. The highest BCUT2D eigenvalue weighted by molar-refractivity contribution is 6.85. The molecule has 0 amide bonds.